The van der Waals surface area contributed by atoms with Gasteiger partial charge in [0.2, 0.25) is 15.9 Å². The Hall–Kier alpha value is -1.98. The average Bonchev–Trinajstić information content (AvgIpc) is 2.45. The highest BCUT2D eigenvalue weighted by Gasteiger charge is 2.24. The number of amides is 1. The van der Waals surface area contributed by atoms with E-state index in [9.17, 15) is 13.2 Å². The van der Waals surface area contributed by atoms with Crippen LogP contribution in [0.4, 0.5) is 0 Å². The zero-order valence-electron chi connectivity index (χ0n) is 11.4. The molecular formula is C12H16N4O3S. The van der Waals surface area contributed by atoms with E-state index in [1.54, 1.807) is 6.92 Å². The first kappa shape index (κ1) is 16.1. The van der Waals surface area contributed by atoms with Gasteiger partial charge >= 0.3 is 0 Å². The Labute approximate surface area is 118 Å². The third-order valence-corrected chi connectivity index (χ3v) is 4.48. The smallest absolute Gasteiger partial charge is 0.244 e. The van der Waals surface area contributed by atoms with E-state index in [4.69, 9.17) is 5.26 Å². The molecule has 0 fully saturated rings. The molecule has 0 atom stereocenters. The van der Waals surface area contributed by atoms with E-state index in [2.05, 4.69) is 4.98 Å². The Morgan fingerprint density at radius 1 is 1.50 bits per heavy atom. The molecule has 0 N–H and O–H groups in total. The molecular weight excluding hydrogens is 280 g/mol. The van der Waals surface area contributed by atoms with Crippen LogP contribution in [-0.4, -0.2) is 55.2 Å². The van der Waals surface area contributed by atoms with E-state index < -0.39 is 15.9 Å². The SMILES string of the molecule is CCN(CC#N)C(=O)CN(C)S(=O)(=O)c1cccnc1. The number of rotatable bonds is 6. The molecule has 0 radical (unpaired) electrons. The molecule has 1 rings (SSSR count). The number of hydrogen-bond donors (Lipinski definition) is 0. The van der Waals surface area contributed by atoms with Gasteiger partial charge < -0.3 is 4.90 Å². The van der Waals surface area contributed by atoms with Crippen molar-refractivity contribution in [2.24, 2.45) is 0 Å². The summed E-state index contributed by atoms with van der Waals surface area (Å²) < 4.78 is 25.3. The summed E-state index contributed by atoms with van der Waals surface area (Å²) in [6.45, 7) is 1.71. The molecule has 0 aliphatic rings. The summed E-state index contributed by atoms with van der Waals surface area (Å²) >= 11 is 0. The van der Waals surface area contributed by atoms with Crippen LogP contribution in [0.2, 0.25) is 0 Å². The quantitative estimate of drug-likeness (QED) is 0.693. The van der Waals surface area contributed by atoms with Crippen molar-refractivity contribution in [2.75, 3.05) is 26.7 Å². The van der Waals surface area contributed by atoms with Gasteiger partial charge in [-0.15, -0.1) is 0 Å². The molecule has 1 amide bonds. The summed E-state index contributed by atoms with van der Waals surface area (Å²) in [5.74, 6) is -0.413. The second-order valence-corrected chi connectivity index (χ2v) is 6.06. The van der Waals surface area contributed by atoms with Crippen LogP contribution >= 0.6 is 0 Å². The van der Waals surface area contributed by atoms with E-state index in [0.29, 0.717) is 6.54 Å². The lowest BCUT2D eigenvalue weighted by Crippen LogP contribution is -2.41. The summed E-state index contributed by atoms with van der Waals surface area (Å²) in [6.07, 6.45) is 2.69. The van der Waals surface area contributed by atoms with Crippen LogP contribution in [0.3, 0.4) is 0 Å². The van der Waals surface area contributed by atoms with Crippen LogP contribution in [0.15, 0.2) is 29.4 Å². The first-order chi connectivity index (χ1) is 9.43. The Kier molecular flexibility index (Phi) is 5.61. The summed E-state index contributed by atoms with van der Waals surface area (Å²) in [6, 6.07) is 4.79. The number of pyridine rings is 1. The zero-order chi connectivity index (χ0) is 15.2. The number of hydrogen-bond acceptors (Lipinski definition) is 5. The van der Waals surface area contributed by atoms with Crippen LogP contribution in [0.25, 0.3) is 0 Å². The fourth-order valence-corrected chi connectivity index (χ4v) is 2.60. The van der Waals surface area contributed by atoms with Gasteiger partial charge in [0.15, 0.2) is 0 Å². The molecule has 108 valence electrons. The van der Waals surface area contributed by atoms with Crippen molar-refractivity contribution in [3.8, 4) is 6.07 Å². The normalized spacial score (nSPS) is 11.1. The minimum atomic E-state index is -3.75. The summed E-state index contributed by atoms with van der Waals surface area (Å²) in [5, 5.41) is 8.60. The number of aromatic nitrogens is 1. The Balaban J connectivity index is 2.84. The molecule has 0 bridgehead atoms. The van der Waals surface area contributed by atoms with E-state index in [1.165, 1.54) is 36.5 Å². The van der Waals surface area contributed by atoms with E-state index in [0.717, 1.165) is 4.31 Å². The van der Waals surface area contributed by atoms with E-state index in [-0.39, 0.29) is 18.0 Å². The molecule has 0 unspecified atom stereocenters. The van der Waals surface area contributed by atoms with Gasteiger partial charge in [-0.25, -0.2) is 8.42 Å². The maximum Gasteiger partial charge on any atom is 0.244 e. The van der Waals surface area contributed by atoms with Gasteiger partial charge in [0.25, 0.3) is 0 Å². The number of nitrogens with zero attached hydrogens (tertiary/aromatic N) is 4. The highest BCUT2D eigenvalue weighted by atomic mass is 32.2. The van der Waals surface area contributed by atoms with Crippen molar-refractivity contribution in [2.45, 2.75) is 11.8 Å². The molecule has 0 aliphatic carbocycles. The van der Waals surface area contributed by atoms with Crippen molar-refractivity contribution in [3.05, 3.63) is 24.5 Å². The van der Waals surface area contributed by atoms with Gasteiger partial charge in [-0.3, -0.25) is 9.78 Å². The Morgan fingerprint density at radius 3 is 2.70 bits per heavy atom. The molecule has 8 heteroatoms. The number of nitriles is 1. The summed E-state index contributed by atoms with van der Waals surface area (Å²) in [5.41, 5.74) is 0. The monoisotopic (exact) mass is 296 g/mol. The van der Waals surface area contributed by atoms with Gasteiger partial charge in [0, 0.05) is 26.0 Å². The van der Waals surface area contributed by atoms with Crippen LogP contribution in [0, 0.1) is 11.3 Å². The standard InChI is InChI=1S/C12H16N4O3S/c1-3-16(8-6-13)12(17)10-15(2)20(18,19)11-5-4-7-14-9-11/h4-5,7,9H,3,8,10H2,1-2H3. The number of carbonyl (C=O) groups is 1. The van der Waals surface area contributed by atoms with Crippen LogP contribution < -0.4 is 0 Å². The predicted octanol–water partition coefficient (Wildman–Crippen LogP) is 0.0742. The molecule has 1 aromatic heterocycles. The first-order valence-corrected chi connectivity index (χ1v) is 7.38. The van der Waals surface area contributed by atoms with Crippen molar-refractivity contribution < 1.29 is 13.2 Å². The van der Waals surface area contributed by atoms with Crippen molar-refractivity contribution >= 4 is 15.9 Å². The van der Waals surface area contributed by atoms with Crippen molar-refractivity contribution in [1.29, 1.82) is 5.26 Å². The maximum absolute atomic E-state index is 12.2. The maximum atomic E-state index is 12.2. The second kappa shape index (κ2) is 6.98. The molecule has 0 saturated carbocycles. The number of carbonyl (C=O) groups excluding carboxylic acids is 1. The Morgan fingerprint density at radius 2 is 2.20 bits per heavy atom. The molecule has 20 heavy (non-hydrogen) atoms. The predicted molar refractivity (Wildman–Crippen MR) is 71.9 cm³/mol. The summed E-state index contributed by atoms with van der Waals surface area (Å²) in [7, 11) is -2.43. The molecule has 7 nitrogen and oxygen atoms in total. The minimum absolute atomic E-state index is 0.0265. The third-order valence-electron chi connectivity index (χ3n) is 2.70. The third kappa shape index (κ3) is 3.76. The molecule has 1 aromatic rings. The molecule has 1 heterocycles. The highest BCUT2D eigenvalue weighted by molar-refractivity contribution is 7.89. The first-order valence-electron chi connectivity index (χ1n) is 5.94. The number of likely N-dealkylation sites (N-methyl/N-ethyl adjacent to an activating group) is 2. The number of sulfonamides is 1. The van der Waals surface area contributed by atoms with Gasteiger partial charge in [-0.1, -0.05) is 0 Å². The van der Waals surface area contributed by atoms with Gasteiger partial charge in [0.05, 0.1) is 12.6 Å². The van der Waals surface area contributed by atoms with Gasteiger partial charge in [0.1, 0.15) is 11.4 Å². The highest BCUT2D eigenvalue weighted by Crippen LogP contribution is 2.12. The van der Waals surface area contributed by atoms with Crippen molar-refractivity contribution in [1.82, 2.24) is 14.2 Å². The van der Waals surface area contributed by atoms with Crippen LogP contribution in [-0.2, 0) is 14.8 Å². The van der Waals surface area contributed by atoms with E-state index in [1.807, 2.05) is 6.07 Å². The Bertz CT molecular complexity index is 595. The minimum Gasteiger partial charge on any atom is -0.329 e. The van der Waals surface area contributed by atoms with E-state index >= 15 is 0 Å². The topological polar surface area (TPSA) is 94.4 Å². The van der Waals surface area contributed by atoms with Crippen LogP contribution in [0.5, 0.6) is 0 Å². The average molecular weight is 296 g/mol. The van der Waals surface area contributed by atoms with Gasteiger partial charge in [-0.2, -0.15) is 9.57 Å². The van der Waals surface area contributed by atoms with Crippen LogP contribution in [0.1, 0.15) is 6.92 Å². The fraction of sp³-hybridized carbons (Fsp3) is 0.417. The molecule has 0 saturated heterocycles. The second-order valence-electron chi connectivity index (χ2n) is 4.02. The lowest BCUT2D eigenvalue weighted by molar-refractivity contribution is -0.130. The largest absolute Gasteiger partial charge is 0.329 e. The molecule has 0 aromatic carbocycles. The van der Waals surface area contributed by atoms with Crippen molar-refractivity contribution in [3.63, 3.8) is 0 Å². The zero-order valence-corrected chi connectivity index (χ0v) is 12.2. The molecule has 0 spiro atoms. The molecule has 0 aliphatic heterocycles. The lowest BCUT2D eigenvalue weighted by atomic mass is 10.4. The summed E-state index contributed by atoms with van der Waals surface area (Å²) in [4.78, 5) is 17.0. The van der Waals surface area contributed by atoms with Gasteiger partial charge in [-0.05, 0) is 19.1 Å². The fourth-order valence-electron chi connectivity index (χ4n) is 1.52. The lowest BCUT2D eigenvalue weighted by Gasteiger charge is -2.21.